The number of amidine groups is 1. The Morgan fingerprint density at radius 3 is 2.54 bits per heavy atom. The predicted molar refractivity (Wildman–Crippen MR) is 150 cm³/mol. The second-order valence-corrected chi connectivity index (χ2v) is 10.2. The minimum absolute atomic E-state index is 0.0580. The van der Waals surface area contributed by atoms with Gasteiger partial charge in [0.2, 0.25) is 5.91 Å². The number of likely N-dealkylation sites (N-methyl/N-ethyl adjacent to an activating group) is 1. The monoisotopic (exact) mass is 517 g/mol. The Bertz CT molecular complexity index is 1370. The van der Waals surface area contributed by atoms with Gasteiger partial charge in [0.05, 0.1) is 23.8 Å². The number of anilines is 1. The van der Waals surface area contributed by atoms with Crippen molar-refractivity contribution in [3.8, 4) is 0 Å². The molecule has 1 aromatic heterocycles. The van der Waals surface area contributed by atoms with Crippen molar-refractivity contribution in [2.45, 2.75) is 13.5 Å². The zero-order valence-electron chi connectivity index (χ0n) is 21.4. The average Bonchev–Trinajstić information content (AvgIpc) is 3.41. The van der Waals surface area contributed by atoms with Crippen LogP contribution >= 0.6 is 11.8 Å². The van der Waals surface area contributed by atoms with Crippen LogP contribution in [0, 0.1) is 0 Å². The number of hydrogen-bond donors (Lipinski definition) is 0. The van der Waals surface area contributed by atoms with E-state index in [9.17, 15) is 9.59 Å². The summed E-state index contributed by atoms with van der Waals surface area (Å²) in [5, 5.41) is 1.67. The molecule has 0 spiro atoms. The third kappa shape index (κ3) is 5.28. The summed E-state index contributed by atoms with van der Waals surface area (Å²) in [6.45, 7) is 5.13. The van der Waals surface area contributed by atoms with E-state index >= 15 is 0 Å². The molecule has 0 atom stereocenters. The molecule has 9 heteroatoms. The van der Waals surface area contributed by atoms with Crippen LogP contribution in [-0.2, 0) is 20.9 Å². The first kappa shape index (κ1) is 25.1. The van der Waals surface area contributed by atoms with E-state index in [1.54, 1.807) is 4.90 Å². The highest BCUT2D eigenvalue weighted by Gasteiger charge is 2.32. The summed E-state index contributed by atoms with van der Waals surface area (Å²) in [7, 11) is 4.00. The van der Waals surface area contributed by atoms with E-state index in [0.29, 0.717) is 42.9 Å². The smallest absolute Gasteiger partial charge is 0.266 e. The maximum atomic E-state index is 13.3. The van der Waals surface area contributed by atoms with Crippen molar-refractivity contribution in [3.63, 3.8) is 0 Å². The summed E-state index contributed by atoms with van der Waals surface area (Å²) in [5.41, 5.74) is 3.77. The van der Waals surface area contributed by atoms with E-state index in [1.807, 2.05) is 96.2 Å². The van der Waals surface area contributed by atoms with Gasteiger partial charge in [-0.2, -0.15) is 0 Å². The molecular weight excluding hydrogens is 486 g/mol. The van der Waals surface area contributed by atoms with Gasteiger partial charge >= 0.3 is 0 Å². The summed E-state index contributed by atoms with van der Waals surface area (Å²) in [6.07, 6.45) is 3.89. The van der Waals surface area contributed by atoms with Crippen LogP contribution in [0.3, 0.4) is 0 Å². The van der Waals surface area contributed by atoms with Crippen molar-refractivity contribution >= 4 is 57.1 Å². The van der Waals surface area contributed by atoms with Gasteiger partial charge in [-0.05, 0) is 55.1 Å². The van der Waals surface area contributed by atoms with Crippen molar-refractivity contribution in [2.24, 2.45) is 4.99 Å². The molecule has 0 radical (unpaired) electrons. The number of thioether (sulfide) groups is 1. The SMILES string of the molecule is CCN1C(=O)/C(=C/c2cn(CC(=O)N3CCOCC3)c3ccccc23)SC1=Nc1ccc(N(C)C)cc1. The lowest BCUT2D eigenvalue weighted by molar-refractivity contribution is -0.135. The largest absolute Gasteiger partial charge is 0.378 e. The van der Waals surface area contributed by atoms with Gasteiger partial charge in [0.1, 0.15) is 6.54 Å². The number of ether oxygens (including phenoxy) is 1. The molecule has 5 rings (SSSR count). The fourth-order valence-electron chi connectivity index (χ4n) is 4.53. The molecule has 0 saturated carbocycles. The summed E-state index contributed by atoms with van der Waals surface area (Å²) >= 11 is 1.38. The fraction of sp³-hybridized carbons (Fsp3) is 0.321. The Hall–Kier alpha value is -3.56. The number of carbonyl (C=O) groups excluding carboxylic acids is 2. The van der Waals surface area contributed by atoms with E-state index in [0.717, 1.165) is 27.8 Å². The molecule has 8 nitrogen and oxygen atoms in total. The van der Waals surface area contributed by atoms with Crippen molar-refractivity contribution in [2.75, 3.05) is 51.8 Å². The van der Waals surface area contributed by atoms with Crippen molar-refractivity contribution in [3.05, 3.63) is 65.2 Å². The van der Waals surface area contributed by atoms with Gasteiger partial charge < -0.3 is 19.1 Å². The van der Waals surface area contributed by atoms with Gasteiger partial charge in [-0.25, -0.2) is 4.99 Å². The molecule has 0 aliphatic carbocycles. The first-order chi connectivity index (χ1) is 17.9. The van der Waals surface area contributed by atoms with Gasteiger partial charge in [-0.1, -0.05) is 18.2 Å². The Morgan fingerprint density at radius 1 is 1.11 bits per heavy atom. The molecule has 3 aromatic rings. The van der Waals surface area contributed by atoms with Crippen LogP contribution in [0.5, 0.6) is 0 Å². The number of amides is 2. The number of benzene rings is 2. The number of fused-ring (bicyclic) bond motifs is 1. The highest BCUT2D eigenvalue weighted by molar-refractivity contribution is 8.18. The number of hydrogen-bond acceptors (Lipinski definition) is 6. The van der Waals surface area contributed by atoms with E-state index in [4.69, 9.17) is 9.73 Å². The first-order valence-corrected chi connectivity index (χ1v) is 13.3. The summed E-state index contributed by atoms with van der Waals surface area (Å²) in [4.78, 5) is 37.2. The molecule has 2 fully saturated rings. The lowest BCUT2D eigenvalue weighted by atomic mass is 10.1. The van der Waals surface area contributed by atoms with E-state index in [-0.39, 0.29) is 18.4 Å². The number of nitrogens with zero attached hydrogens (tertiary/aromatic N) is 5. The predicted octanol–water partition coefficient (Wildman–Crippen LogP) is 4.19. The Morgan fingerprint density at radius 2 is 1.84 bits per heavy atom. The van der Waals surface area contributed by atoms with Gasteiger partial charge in [0, 0.05) is 62.1 Å². The maximum Gasteiger partial charge on any atom is 0.266 e. The standard InChI is InChI=1S/C28H31N5O3S/c1-4-33-27(35)25(37-28(33)29-21-9-11-22(12-10-21)30(2)3)17-20-18-32(24-8-6-5-7-23(20)24)19-26(34)31-13-15-36-16-14-31/h5-12,17-18H,4,13-16,19H2,1-3H3/b25-17-,29-28?. The van der Waals surface area contributed by atoms with E-state index < -0.39 is 0 Å². The molecule has 0 bridgehead atoms. The Labute approximate surface area is 221 Å². The highest BCUT2D eigenvalue weighted by atomic mass is 32.2. The van der Waals surface area contributed by atoms with Crippen LogP contribution in [0.4, 0.5) is 11.4 Å². The molecule has 3 heterocycles. The van der Waals surface area contributed by atoms with Crippen molar-refractivity contribution in [1.29, 1.82) is 0 Å². The number of morpholine rings is 1. The quantitative estimate of drug-likeness (QED) is 0.459. The molecule has 0 unspecified atom stereocenters. The number of carbonyl (C=O) groups is 2. The van der Waals surface area contributed by atoms with E-state index in [1.165, 1.54) is 11.8 Å². The molecule has 2 saturated heterocycles. The van der Waals surface area contributed by atoms with Gasteiger partial charge in [-0.15, -0.1) is 0 Å². The molecule has 0 N–H and O–H groups in total. The number of aliphatic imine (C=N–C) groups is 1. The van der Waals surface area contributed by atoms with Crippen LogP contribution in [0.25, 0.3) is 17.0 Å². The van der Waals surface area contributed by atoms with Crippen molar-refractivity contribution in [1.82, 2.24) is 14.4 Å². The van der Waals surface area contributed by atoms with Crippen LogP contribution in [0.2, 0.25) is 0 Å². The average molecular weight is 518 g/mol. The summed E-state index contributed by atoms with van der Waals surface area (Å²) in [5.74, 6) is 0.0128. The van der Waals surface area contributed by atoms with Crippen LogP contribution in [-0.4, -0.2) is 78.3 Å². The molecule has 37 heavy (non-hydrogen) atoms. The van der Waals surface area contributed by atoms with Crippen molar-refractivity contribution < 1.29 is 14.3 Å². The van der Waals surface area contributed by atoms with Gasteiger partial charge in [0.25, 0.3) is 5.91 Å². The first-order valence-electron chi connectivity index (χ1n) is 12.5. The maximum absolute atomic E-state index is 13.3. The van der Waals surface area contributed by atoms with Gasteiger partial charge in [-0.3, -0.25) is 14.5 Å². The zero-order valence-corrected chi connectivity index (χ0v) is 22.2. The molecular formula is C28H31N5O3S. The van der Waals surface area contributed by atoms with Gasteiger partial charge in [0.15, 0.2) is 5.17 Å². The summed E-state index contributed by atoms with van der Waals surface area (Å²) < 4.78 is 7.35. The molecule has 2 aliphatic heterocycles. The molecule has 192 valence electrons. The lowest BCUT2D eigenvalue weighted by Crippen LogP contribution is -2.42. The Kier molecular flexibility index (Phi) is 7.34. The fourth-order valence-corrected chi connectivity index (χ4v) is 5.58. The second-order valence-electron chi connectivity index (χ2n) is 9.19. The van der Waals surface area contributed by atoms with Crippen LogP contribution in [0.15, 0.2) is 64.6 Å². The minimum atomic E-state index is -0.0580. The highest BCUT2D eigenvalue weighted by Crippen LogP contribution is 2.35. The second kappa shape index (κ2) is 10.8. The van der Waals surface area contributed by atoms with Crippen LogP contribution < -0.4 is 4.90 Å². The number of para-hydroxylation sites is 1. The third-order valence-electron chi connectivity index (χ3n) is 6.57. The summed E-state index contributed by atoms with van der Waals surface area (Å²) in [6, 6.07) is 15.9. The minimum Gasteiger partial charge on any atom is -0.378 e. The topological polar surface area (TPSA) is 70.4 Å². The van der Waals surface area contributed by atoms with E-state index in [2.05, 4.69) is 0 Å². The number of aromatic nitrogens is 1. The zero-order chi connectivity index (χ0) is 25.9. The number of rotatable bonds is 6. The molecule has 2 amide bonds. The normalized spacial score (nSPS) is 18.4. The molecule has 2 aromatic carbocycles. The third-order valence-corrected chi connectivity index (χ3v) is 7.58. The van der Waals surface area contributed by atoms with Crippen LogP contribution in [0.1, 0.15) is 12.5 Å². The molecule has 2 aliphatic rings. The Balaban J connectivity index is 1.43. The lowest BCUT2D eigenvalue weighted by Gasteiger charge is -2.27.